The van der Waals surface area contributed by atoms with Crippen molar-refractivity contribution in [1.82, 2.24) is 4.57 Å². The minimum Gasteiger partial charge on any atom is -0.455 e. The molecule has 2 aliphatic heterocycles. The molecule has 0 bridgehead atoms. The lowest BCUT2D eigenvalue weighted by Crippen LogP contribution is -2.61. The largest absolute Gasteiger partial charge is 0.455 e. The predicted molar refractivity (Wildman–Crippen MR) is 507 cm³/mol. The maximum absolute atomic E-state index is 7.06. The second-order valence-corrected chi connectivity index (χ2v) is 41.4. The molecule has 0 amide bonds. The van der Waals surface area contributed by atoms with Crippen molar-refractivity contribution in [2.45, 2.75) is 189 Å². The first kappa shape index (κ1) is 76.3. The Morgan fingerprint density at radius 1 is 0.263 bits per heavy atom. The Balaban J connectivity index is 0.966. The van der Waals surface area contributed by atoms with E-state index in [2.05, 4.69) is 445 Å². The average Bonchev–Trinajstić information content (AvgIpc) is 1.15. The van der Waals surface area contributed by atoms with Crippen LogP contribution < -0.4 is 26.2 Å². The first-order valence-electron chi connectivity index (χ1n) is 42.8. The van der Waals surface area contributed by atoms with Crippen LogP contribution in [-0.2, 0) is 43.3 Å². The van der Waals surface area contributed by atoms with E-state index in [1.807, 2.05) is 0 Å². The minimum absolute atomic E-state index is 0.129. The number of hydrogen-bond donors (Lipinski definition) is 0. The summed E-state index contributed by atoms with van der Waals surface area (Å²) in [6, 6.07) is 111. The van der Waals surface area contributed by atoms with Crippen LogP contribution in [0.3, 0.4) is 0 Å². The van der Waals surface area contributed by atoms with E-state index < -0.39 is 5.41 Å². The molecule has 14 aromatic carbocycles. The minimum atomic E-state index is -0.617. The number of fused-ring (bicyclic) bond motifs is 13. The summed E-state index contributed by atoms with van der Waals surface area (Å²) in [4.78, 5) is 5.45. The third-order valence-corrected chi connectivity index (χ3v) is 26.3. The van der Waals surface area contributed by atoms with E-state index in [0.29, 0.717) is 0 Å². The highest BCUT2D eigenvalue weighted by molar-refractivity contribution is 7.00. The van der Waals surface area contributed by atoms with Gasteiger partial charge in [0.25, 0.3) is 6.71 Å². The molecular weight excluding hydrogens is 1430 g/mol. The van der Waals surface area contributed by atoms with Crippen LogP contribution in [0, 0.1) is 0 Å². The summed E-state index contributed by atoms with van der Waals surface area (Å²) in [5.74, 6) is 0. The molecule has 4 nitrogen and oxygen atoms in total. The highest BCUT2D eigenvalue weighted by atomic mass is 16.3. The van der Waals surface area contributed by atoms with Gasteiger partial charge in [-0.3, -0.25) is 0 Å². The van der Waals surface area contributed by atoms with E-state index in [0.717, 1.165) is 78.2 Å². The molecular formula is C113H110BN3O. The van der Waals surface area contributed by atoms with Crippen LogP contribution in [0.5, 0.6) is 0 Å². The molecule has 3 aliphatic rings. The van der Waals surface area contributed by atoms with Crippen molar-refractivity contribution in [2.75, 3.05) is 9.80 Å². The summed E-state index contributed by atoms with van der Waals surface area (Å²) < 4.78 is 9.67. The highest BCUT2D eigenvalue weighted by Crippen LogP contribution is 2.59. The van der Waals surface area contributed by atoms with Crippen LogP contribution in [0.1, 0.15) is 207 Å². The second kappa shape index (κ2) is 26.7. The molecule has 0 saturated carbocycles. The summed E-state index contributed by atoms with van der Waals surface area (Å²) >= 11 is 0. The summed E-state index contributed by atoms with van der Waals surface area (Å²) in [5, 5.41) is 4.66. The van der Waals surface area contributed by atoms with Crippen molar-refractivity contribution >= 4 is 101 Å². The zero-order valence-corrected chi connectivity index (χ0v) is 73.0. The fourth-order valence-electron chi connectivity index (χ4n) is 19.6. The van der Waals surface area contributed by atoms with Gasteiger partial charge in [-0.25, -0.2) is 0 Å². The van der Waals surface area contributed by atoms with Gasteiger partial charge in [-0.15, -0.1) is 0 Å². The van der Waals surface area contributed by atoms with Crippen molar-refractivity contribution < 1.29 is 4.42 Å². The Kier molecular flexibility index (Phi) is 17.3. The molecule has 0 saturated heterocycles. The van der Waals surface area contributed by atoms with Gasteiger partial charge in [-0.05, 0) is 222 Å². The maximum atomic E-state index is 7.06. The van der Waals surface area contributed by atoms with E-state index >= 15 is 0 Å². The molecule has 0 unspecified atom stereocenters. The number of para-hydroxylation sites is 3. The van der Waals surface area contributed by atoms with E-state index in [1.165, 1.54) is 127 Å². The molecule has 118 heavy (non-hydrogen) atoms. The molecule has 1 aliphatic carbocycles. The first-order valence-corrected chi connectivity index (χ1v) is 42.8. The van der Waals surface area contributed by atoms with E-state index in [1.54, 1.807) is 0 Å². The SMILES string of the molecule is CC(C)(C)c1cc(-c2cc(C(C)(C)C)ccc2N2c3ccc(-c4cccc5c4oc4ccccc45)cc3B3c4ccc(-n5c6ccccc6c6cc7c(cc65)C(c5ccccc5)(c5ccccc5)c5ccccc5-7)cc4N(c4ccc(C(C)(C)C)cc4-c4cc(C(C)(C)C)cc(C(C)(C)C)c4)c4cc(C(C)(C)C)cc2c43)cc(C(C)(C)C)c1. The van der Waals surface area contributed by atoms with Gasteiger partial charge in [0, 0.05) is 66.7 Å². The Bertz CT molecular complexity index is 6680. The Morgan fingerprint density at radius 2 is 0.729 bits per heavy atom. The van der Waals surface area contributed by atoms with Gasteiger partial charge in [0.05, 0.1) is 27.8 Å². The number of furan rings is 1. The van der Waals surface area contributed by atoms with Crippen molar-refractivity contribution in [2.24, 2.45) is 0 Å². The van der Waals surface area contributed by atoms with Gasteiger partial charge < -0.3 is 18.8 Å². The van der Waals surface area contributed by atoms with Crippen LogP contribution in [0.25, 0.3) is 93.9 Å². The fraction of sp³-hybridized carbons (Fsp3) is 0.257. The standard InChI is InChI=1S/C113H110BN3O/c1-106(2,3)74-48-53-96(87(62-74)70-55-76(108(7,8)9)60-77(56-70)109(10,11)12)116-98-52-47-69(82-42-34-43-86-85-41-30-33-46-103(85)118-105(82)86)59-94(98)114-93-51-50-81(115-95-45-32-29-40-84(95)90-67-89-83-39-28-31-44-91(83)113(92(89)68-99(90)115,72-35-24-22-25-36-72)73-37-26-23-27-38-73)66-100(93)117(102-65-80(112(19,20)21)64-101(116)104(102)114)97-54-49-75(107(4,5)6)63-88(97)71-57-78(110(13,14)15)61-79(58-71)111(16,17)18/h22-68H,1-21H3. The lowest BCUT2D eigenvalue weighted by molar-refractivity contribution is 0.568. The molecule has 0 fully saturated rings. The van der Waals surface area contributed by atoms with E-state index in [9.17, 15) is 0 Å². The summed E-state index contributed by atoms with van der Waals surface area (Å²) in [6.07, 6.45) is 0. The average molecular weight is 1540 g/mol. The van der Waals surface area contributed by atoms with Crippen LogP contribution in [-0.4, -0.2) is 11.3 Å². The van der Waals surface area contributed by atoms with Gasteiger partial charge in [0.1, 0.15) is 11.2 Å². The van der Waals surface area contributed by atoms with Crippen molar-refractivity contribution in [1.29, 1.82) is 0 Å². The van der Waals surface area contributed by atoms with Crippen LogP contribution in [0.4, 0.5) is 34.1 Å². The number of rotatable bonds is 8. The smallest absolute Gasteiger partial charge is 0.252 e. The van der Waals surface area contributed by atoms with Gasteiger partial charge in [0.15, 0.2) is 0 Å². The number of benzene rings is 14. The summed E-state index contributed by atoms with van der Waals surface area (Å²) in [5.41, 5.74) is 37.6. The number of anilines is 6. The second-order valence-electron chi connectivity index (χ2n) is 41.4. The molecule has 4 heterocycles. The van der Waals surface area contributed by atoms with Gasteiger partial charge in [0.2, 0.25) is 0 Å². The monoisotopic (exact) mass is 1540 g/mol. The summed E-state index contributed by atoms with van der Waals surface area (Å²) in [7, 11) is 0. The van der Waals surface area contributed by atoms with E-state index in [-0.39, 0.29) is 44.6 Å². The lowest BCUT2D eigenvalue weighted by Gasteiger charge is -2.46. The highest BCUT2D eigenvalue weighted by Gasteiger charge is 2.49. The lowest BCUT2D eigenvalue weighted by atomic mass is 9.33. The third kappa shape index (κ3) is 12.3. The molecule has 586 valence electrons. The third-order valence-electron chi connectivity index (χ3n) is 26.3. The molecule has 19 rings (SSSR count). The van der Waals surface area contributed by atoms with Gasteiger partial charge in [-0.1, -0.05) is 352 Å². The molecule has 5 heteroatoms. The van der Waals surface area contributed by atoms with Crippen molar-refractivity contribution in [3.05, 3.63) is 346 Å². The molecule has 0 N–H and O–H groups in total. The zero-order valence-electron chi connectivity index (χ0n) is 73.0. The Morgan fingerprint density at radius 3 is 1.28 bits per heavy atom. The molecule has 16 aromatic rings. The molecule has 0 atom stereocenters. The molecule has 0 radical (unpaired) electrons. The molecule has 2 aromatic heterocycles. The van der Waals surface area contributed by atoms with Crippen LogP contribution >= 0.6 is 0 Å². The fourth-order valence-corrected chi connectivity index (χ4v) is 19.6. The number of hydrogen-bond acceptors (Lipinski definition) is 3. The van der Waals surface area contributed by atoms with Crippen molar-refractivity contribution in [3.63, 3.8) is 0 Å². The normalized spacial score (nSPS) is 14.2. The van der Waals surface area contributed by atoms with Crippen LogP contribution in [0.15, 0.2) is 290 Å². The van der Waals surface area contributed by atoms with Crippen LogP contribution in [0.2, 0.25) is 0 Å². The van der Waals surface area contributed by atoms with Crippen molar-refractivity contribution in [3.8, 4) is 50.2 Å². The first-order chi connectivity index (χ1) is 55.9. The maximum Gasteiger partial charge on any atom is 0.252 e. The topological polar surface area (TPSA) is 24.6 Å². The predicted octanol–water partition coefficient (Wildman–Crippen LogP) is 29.2. The molecule has 0 spiro atoms. The Hall–Kier alpha value is -11.7. The quantitative estimate of drug-likeness (QED) is 0.142. The zero-order chi connectivity index (χ0) is 82.6. The number of aromatic nitrogens is 1. The number of nitrogens with zero attached hydrogens (tertiary/aromatic N) is 3. The Labute approximate surface area is 700 Å². The van der Waals surface area contributed by atoms with E-state index in [4.69, 9.17) is 4.42 Å². The summed E-state index contributed by atoms with van der Waals surface area (Å²) in [6.45, 7) is 49.7. The van der Waals surface area contributed by atoms with Gasteiger partial charge in [-0.2, -0.15) is 0 Å². The van der Waals surface area contributed by atoms with Gasteiger partial charge >= 0.3 is 0 Å².